The lowest BCUT2D eigenvalue weighted by Crippen LogP contribution is -2.92. The summed E-state index contributed by atoms with van der Waals surface area (Å²) >= 11 is 37.8. The number of aldehydes is 1. The summed E-state index contributed by atoms with van der Waals surface area (Å²) in [5.74, 6) is -5.24. The lowest BCUT2D eigenvalue weighted by atomic mass is 9.74. The number of carboxylic acids is 1. The maximum Gasteiger partial charge on any atom is 0.452 e. The zero-order valence-electron chi connectivity index (χ0n) is 78.6. The fraction of sp³-hybridized carbons (Fsp3) is 0.337. The van der Waals surface area contributed by atoms with Crippen LogP contribution in [0.4, 0.5) is 64.4 Å². The van der Waals surface area contributed by atoms with Crippen molar-refractivity contribution in [3.8, 4) is 0 Å². The second-order valence-electron chi connectivity index (χ2n) is 36.5. The number of pyridine rings is 4. The van der Waals surface area contributed by atoms with Crippen LogP contribution >= 0.6 is 81.2 Å². The van der Waals surface area contributed by atoms with Crippen LogP contribution in [0.15, 0.2) is 243 Å². The predicted octanol–water partition coefficient (Wildman–Crippen LogP) is 20.2. The van der Waals surface area contributed by atoms with Crippen molar-refractivity contribution in [2.75, 3.05) is 118 Å². The number of likely N-dealkylation sites (tertiary alicyclic amines) is 3. The van der Waals surface area contributed by atoms with Gasteiger partial charge in [-0.05, 0) is 211 Å². The number of aromatic nitrogens is 4. The van der Waals surface area contributed by atoms with Gasteiger partial charge in [0, 0.05) is 140 Å². The standard InChI is InChI=1S/C27H26ClN3O.C23H26ClN3O3.C17H18ClN4O.C17H24N2O2.C9H8O.C6H3Cl2NO.C3HCl2F3O.C2HF3O2.H2/c28-25-19-22(12-15-29-25)26(32)31-20-27(23-10-4-5-11-24(23)31)13-17-30(18-14-27)16-6-9-21-7-2-1-3-8-21;1-22(2,3)30-21(29)26-12-9-23(10-13-26)15-27(18-7-5-4-6-17(18)23)20(28)16-8-11-25-19(24)14-16;18-16-11-13(5-6-20-16)17(23)21-12-22(9-7-19-8-10-22)15-4-2-1-3-14(15)21;1-16(2,3)21-15(20)19-10-8-17(9-11-19)12-18-14-7-5-4-6-13(14)17;10-8-4-7-9-5-2-1-3-6-9;7-5-3-4(6(8)10)1-2-9-5;4-2(5)1(9)3(6,7)8;3-2(4,5)1(6)7;/h1-12,15,19H,13-14,16-18,20H2;4-8,11,14H,9-10,12-13,15H2,1-3H3;1-6,11,19H,7-10,12H2;4-7,18H,8-12H2,1-3H3;1-8H;1-3H;2H;(H,6,7);1H/q;;+1;;;;;;/b9-6+;;;;7-4+;;;;. The molecule has 5 amide bonds. The maximum atomic E-state index is 13.3. The quantitative estimate of drug-likeness (QED) is 0.0244. The van der Waals surface area contributed by atoms with Gasteiger partial charge in [0.25, 0.3) is 28.7 Å². The molecule has 4 aromatic heterocycles. The fourth-order valence-electron chi connectivity index (χ4n) is 17.8. The lowest BCUT2D eigenvalue weighted by molar-refractivity contribution is -0.662. The molecule has 4 saturated heterocycles. The molecule has 18 rings (SSSR count). The highest BCUT2D eigenvalue weighted by Gasteiger charge is 2.51. The Kier molecular flexibility index (Phi) is 38.4. The summed E-state index contributed by atoms with van der Waals surface area (Å²) in [6.07, 6.45) is 9.68. The number of hydrogen-bond acceptors (Lipinski definition) is 18. The van der Waals surface area contributed by atoms with Gasteiger partial charge in [0.15, 0.2) is 17.2 Å². The molecular weight excluding hydrogens is 1990 g/mol. The number of anilines is 4. The van der Waals surface area contributed by atoms with E-state index in [0.717, 1.165) is 144 Å². The van der Waals surface area contributed by atoms with Crippen LogP contribution in [0.2, 0.25) is 20.6 Å². The summed E-state index contributed by atoms with van der Waals surface area (Å²) in [6.45, 7) is 24.4. The smallest absolute Gasteiger partial charge is 0.452 e. The number of alkyl halides is 8. The number of halogens is 13. The van der Waals surface area contributed by atoms with Gasteiger partial charge in [0.1, 0.15) is 75.9 Å². The van der Waals surface area contributed by atoms with Crippen LogP contribution in [-0.4, -0.2) is 215 Å². The van der Waals surface area contributed by atoms with Crippen molar-refractivity contribution < 1.29 is 90.8 Å². The van der Waals surface area contributed by atoms with Gasteiger partial charge in [-0.3, -0.25) is 43.1 Å². The molecule has 142 heavy (non-hydrogen) atoms. The van der Waals surface area contributed by atoms with E-state index in [1.54, 1.807) is 66.0 Å². The molecule has 0 bridgehead atoms. The summed E-state index contributed by atoms with van der Waals surface area (Å²) in [7, 11) is 0. The molecule has 8 aliphatic rings. The number of nitrogens with zero attached hydrogens (tertiary/aromatic N) is 11. The van der Waals surface area contributed by atoms with Crippen molar-refractivity contribution in [1.82, 2.24) is 39.1 Å². The number of aliphatic carboxylic acids is 1. The first-order chi connectivity index (χ1) is 67.3. The van der Waals surface area contributed by atoms with E-state index in [9.17, 15) is 64.7 Å². The number of fused-ring (bicyclic) bond motifs is 8. The Morgan fingerprint density at radius 2 is 0.859 bits per heavy atom. The molecule has 25 nitrogen and oxygen atoms in total. The van der Waals surface area contributed by atoms with Crippen molar-refractivity contribution in [1.29, 1.82) is 0 Å². The Labute approximate surface area is 856 Å². The topological polar surface area (TPSA) is 295 Å². The summed E-state index contributed by atoms with van der Waals surface area (Å²) in [5.41, 5.74) is 12.8. The van der Waals surface area contributed by atoms with Crippen LogP contribution in [-0.2, 0) is 40.1 Å². The van der Waals surface area contributed by atoms with Crippen LogP contribution in [0.1, 0.15) is 151 Å². The van der Waals surface area contributed by atoms with E-state index in [2.05, 4.69) is 156 Å². The number of ketones is 1. The normalized spacial score (nSPS) is 16.5. The maximum absolute atomic E-state index is 13.3. The molecule has 4 spiro atoms. The molecular formula is C104H109Cl7F6N13O12+. The van der Waals surface area contributed by atoms with Crippen molar-refractivity contribution in [2.45, 2.75) is 125 Å². The number of quaternary nitrogens is 2. The van der Waals surface area contributed by atoms with Crippen molar-refractivity contribution in [3.63, 3.8) is 0 Å². The number of benzene rings is 6. The molecule has 752 valence electrons. The number of amides is 5. The van der Waals surface area contributed by atoms with Gasteiger partial charge in [0.2, 0.25) is 0 Å². The zero-order valence-corrected chi connectivity index (χ0v) is 83.9. The number of carbonyl (C=O) groups excluding carboxylic acids is 9. The first kappa shape index (κ1) is 110. The summed E-state index contributed by atoms with van der Waals surface area (Å²) < 4.78 is 77.0. The molecule has 0 radical (unpaired) electrons. The fourth-order valence-corrected chi connectivity index (χ4v) is 18.8. The van der Waals surface area contributed by atoms with E-state index < -0.39 is 45.4 Å². The van der Waals surface area contributed by atoms with E-state index in [1.165, 1.54) is 58.0 Å². The molecule has 10 aromatic rings. The highest BCUT2D eigenvalue weighted by atomic mass is 35.5. The highest BCUT2D eigenvalue weighted by Crippen LogP contribution is 2.51. The van der Waals surface area contributed by atoms with Gasteiger partial charge in [-0.15, -0.1) is 0 Å². The van der Waals surface area contributed by atoms with Gasteiger partial charge < -0.3 is 49.6 Å². The van der Waals surface area contributed by atoms with E-state index in [0.29, 0.717) is 64.0 Å². The molecule has 6 aromatic carbocycles. The number of ether oxygens (including phenoxy) is 2. The lowest BCUT2D eigenvalue weighted by Gasteiger charge is -2.40. The second kappa shape index (κ2) is 49.4. The van der Waals surface area contributed by atoms with E-state index in [-0.39, 0.29) is 52.7 Å². The Morgan fingerprint density at radius 3 is 1.25 bits per heavy atom. The third kappa shape index (κ3) is 29.9. The Morgan fingerprint density at radius 1 is 0.486 bits per heavy atom. The third-order valence-electron chi connectivity index (χ3n) is 24.7. The van der Waals surface area contributed by atoms with E-state index >= 15 is 0 Å². The number of allylic oxidation sites excluding steroid dienone is 1. The van der Waals surface area contributed by atoms with Gasteiger partial charge in [0.05, 0.1) is 0 Å². The van der Waals surface area contributed by atoms with E-state index in [1.807, 2.05) is 134 Å². The largest absolute Gasteiger partial charge is 0.542 e. The van der Waals surface area contributed by atoms with Crippen LogP contribution in [0.3, 0.4) is 0 Å². The number of carboxylic acid groups (broad SMARTS) is 1. The molecule has 8 aliphatic heterocycles. The minimum absolute atomic E-state index is 0. The van der Waals surface area contributed by atoms with Crippen LogP contribution in [0.25, 0.3) is 12.2 Å². The zero-order chi connectivity index (χ0) is 103. The van der Waals surface area contributed by atoms with Crippen LogP contribution < -0.4 is 34.9 Å². The van der Waals surface area contributed by atoms with Gasteiger partial charge >= 0.3 is 24.5 Å². The number of Topliss-reactive ketones (excluding diaryl/α,β-unsaturated/α-hetero) is 1. The monoisotopic (exact) mass is 2090 g/mol. The van der Waals surface area contributed by atoms with Crippen LogP contribution in [0.5, 0.6) is 0 Å². The number of nitrogens with two attached hydrogens (primary N) is 1. The number of carbonyl (C=O) groups is 9. The first-order valence-corrected chi connectivity index (χ1v) is 48.3. The van der Waals surface area contributed by atoms with Crippen LogP contribution in [0, 0.1) is 0 Å². The predicted molar refractivity (Wildman–Crippen MR) is 541 cm³/mol. The number of piperidine rings is 3. The van der Waals surface area contributed by atoms with E-state index in [4.69, 9.17) is 77.4 Å². The molecule has 0 unspecified atom stereocenters. The first-order valence-electron chi connectivity index (χ1n) is 45.5. The number of hydrogen-bond donors (Lipinski definition) is 2. The SMILES string of the molecule is CC(C)(C)OC(=O)N1CCC2(CC1)CN(C(=O)c1ccnc(Cl)c1)c1ccccc12.CC(C)(C)OC(=O)N1CCC2(CC1)CNc1ccccc12.O=C(C(Cl)Cl)C(F)(F)F.O=C(Cl)c1ccnc(Cl)c1.O=C([O-])C(F)(F)F.O=C(c1ccnc(Cl)c1)N1CC2(CCN(C/C=C/c3ccccc3)CC2)c2ccccc21.O=C(c1ccnc(Cl)c1)N1C[N+]2(CC[NH2+]CC2)c2ccccc21.O=C/C=C/c1ccccc1.[HH]. The molecule has 0 saturated carbocycles. The summed E-state index contributed by atoms with van der Waals surface area (Å²) in [4.78, 5) is 129. The average molecular weight is 2100 g/mol. The van der Waals surface area contributed by atoms with Crippen molar-refractivity contribution in [2.24, 2.45) is 0 Å². The van der Waals surface area contributed by atoms with Gasteiger partial charge in [-0.25, -0.2) is 29.5 Å². The second-order valence-corrected chi connectivity index (χ2v) is 39.5. The van der Waals surface area contributed by atoms with Crippen molar-refractivity contribution in [3.05, 3.63) is 314 Å². The number of nitrogens with one attached hydrogen (secondary N) is 1. The summed E-state index contributed by atoms with van der Waals surface area (Å²) in [6, 6.07) is 66.3. The molecule has 3 N–H and O–H groups in total. The molecule has 38 heteroatoms. The number of para-hydroxylation sites is 5. The molecule has 4 fully saturated rings. The van der Waals surface area contributed by atoms with Crippen molar-refractivity contribution >= 4 is 175 Å². The number of rotatable bonds is 10. The summed E-state index contributed by atoms with van der Waals surface area (Å²) in [5, 5.41) is 15.4. The Balaban J connectivity index is 0.000000176. The minimum Gasteiger partial charge on any atom is -0.542 e. The van der Waals surface area contributed by atoms with Gasteiger partial charge in [-0.2, -0.15) is 26.3 Å². The average Bonchev–Trinajstić information content (AvgIpc) is 1.62. The Bertz CT molecular complexity index is 6140. The molecule has 0 aliphatic carbocycles. The highest BCUT2D eigenvalue weighted by molar-refractivity contribution is 6.67. The number of piperazine rings is 1. The molecule has 0 atom stereocenters. The molecule has 12 heterocycles. The Hall–Kier alpha value is -11.9. The minimum atomic E-state index is -5.19. The van der Waals surface area contributed by atoms with Gasteiger partial charge in [-0.1, -0.05) is 215 Å². The third-order valence-corrected chi connectivity index (χ3v) is 26.1.